The molecule has 10 nitrogen and oxygen atoms in total. The van der Waals surface area contributed by atoms with Crippen molar-refractivity contribution >= 4 is 0 Å². The van der Waals surface area contributed by atoms with Crippen LogP contribution < -0.4 is 0 Å². The maximum Gasteiger partial charge on any atom is 0.0619 e. The van der Waals surface area contributed by atoms with Crippen molar-refractivity contribution in [2.24, 2.45) is 46.9 Å². The lowest BCUT2D eigenvalue weighted by molar-refractivity contribution is 0.752. The Hall–Kier alpha value is -2.00. The first-order chi connectivity index (χ1) is 6.41. The van der Waals surface area contributed by atoms with E-state index in [1.807, 2.05) is 6.92 Å². The van der Waals surface area contributed by atoms with E-state index in [9.17, 15) is 0 Å². The molecule has 1 N–H and O–H groups in total. The SMILES string of the molecule is CCCN=NN=NN=NN=NN=N. The molecule has 0 aromatic heterocycles. The smallest absolute Gasteiger partial charge is 0.0619 e. The van der Waals surface area contributed by atoms with Crippen molar-refractivity contribution in [3.63, 3.8) is 0 Å². The van der Waals surface area contributed by atoms with Gasteiger partial charge in [0.15, 0.2) is 0 Å². The Bertz CT molecular complexity index is 224. The van der Waals surface area contributed by atoms with Crippen molar-refractivity contribution < 1.29 is 0 Å². The molecule has 0 radical (unpaired) electrons. The first-order valence-corrected chi connectivity index (χ1v) is 3.35. The molecule has 0 aliphatic rings. The Kier molecular flexibility index (Phi) is 8.46. The largest absolute Gasteiger partial charge is 0.183 e. The Morgan fingerprint density at radius 3 is 1.92 bits per heavy atom. The zero-order valence-corrected chi connectivity index (χ0v) is 6.94. The van der Waals surface area contributed by atoms with Crippen LogP contribution in [0.1, 0.15) is 13.3 Å². The van der Waals surface area contributed by atoms with E-state index in [4.69, 9.17) is 5.53 Å². The van der Waals surface area contributed by atoms with Crippen molar-refractivity contribution in [1.29, 1.82) is 5.53 Å². The summed E-state index contributed by atoms with van der Waals surface area (Å²) < 4.78 is 0. The first kappa shape index (κ1) is 11.0. The van der Waals surface area contributed by atoms with Crippen LogP contribution in [0.2, 0.25) is 0 Å². The van der Waals surface area contributed by atoms with Gasteiger partial charge in [-0.15, -0.1) is 0 Å². The average Bonchev–Trinajstić information content (AvgIpc) is 2.16. The van der Waals surface area contributed by atoms with Crippen LogP contribution in [0.25, 0.3) is 0 Å². The van der Waals surface area contributed by atoms with Crippen molar-refractivity contribution in [2.75, 3.05) is 6.54 Å². The molecular formula is C3H8N10. The summed E-state index contributed by atoms with van der Waals surface area (Å²) in [6, 6.07) is 0. The number of hydrogen-bond acceptors (Lipinski definition) is 2. The summed E-state index contributed by atoms with van der Waals surface area (Å²) in [5.41, 5.74) is 6.17. The molecule has 0 aromatic carbocycles. The lowest BCUT2D eigenvalue weighted by Crippen LogP contribution is -1.68. The third-order valence-electron chi connectivity index (χ3n) is 0.672. The van der Waals surface area contributed by atoms with Crippen LogP contribution in [0.15, 0.2) is 46.9 Å². The van der Waals surface area contributed by atoms with Crippen molar-refractivity contribution in [3.05, 3.63) is 0 Å². The van der Waals surface area contributed by atoms with E-state index in [0.717, 1.165) is 6.42 Å². The monoisotopic (exact) mass is 184 g/mol. The molecule has 0 saturated carbocycles. The van der Waals surface area contributed by atoms with Crippen LogP contribution in [0.4, 0.5) is 0 Å². The molecule has 70 valence electrons. The number of nitrogens with zero attached hydrogens (tertiary/aromatic N) is 9. The normalized spacial score (nSPS) is 12.7. The van der Waals surface area contributed by atoms with Gasteiger partial charge in [0.25, 0.3) is 0 Å². The van der Waals surface area contributed by atoms with Gasteiger partial charge in [-0.1, -0.05) is 6.92 Å². The highest BCUT2D eigenvalue weighted by molar-refractivity contribution is 4.28. The minimum atomic E-state index is 0.591. The third-order valence-corrected chi connectivity index (χ3v) is 0.672. The molecule has 0 atom stereocenters. The minimum absolute atomic E-state index is 0.591. The average molecular weight is 184 g/mol. The zero-order valence-electron chi connectivity index (χ0n) is 6.94. The van der Waals surface area contributed by atoms with Crippen LogP contribution in [-0.4, -0.2) is 6.54 Å². The lowest BCUT2D eigenvalue weighted by atomic mass is 10.5. The van der Waals surface area contributed by atoms with Gasteiger partial charge in [-0.2, -0.15) is 10.6 Å². The molecule has 0 fully saturated rings. The van der Waals surface area contributed by atoms with Crippen LogP contribution >= 0.6 is 0 Å². The molecule has 0 bridgehead atoms. The van der Waals surface area contributed by atoms with Crippen molar-refractivity contribution in [1.82, 2.24) is 0 Å². The summed E-state index contributed by atoms with van der Waals surface area (Å²) in [4.78, 5) is 0. The quantitative estimate of drug-likeness (QED) is 0.479. The summed E-state index contributed by atoms with van der Waals surface area (Å²) in [5, 5.41) is 27.4. The molecule has 0 aliphatic carbocycles. The van der Waals surface area contributed by atoms with Gasteiger partial charge >= 0.3 is 0 Å². The molecule has 0 heterocycles. The van der Waals surface area contributed by atoms with E-state index >= 15 is 0 Å². The Balaban J connectivity index is 3.56. The van der Waals surface area contributed by atoms with Gasteiger partial charge in [-0.25, -0.2) is 0 Å². The van der Waals surface area contributed by atoms with E-state index in [2.05, 4.69) is 46.9 Å². The van der Waals surface area contributed by atoms with E-state index in [0.29, 0.717) is 6.54 Å². The first-order valence-electron chi connectivity index (χ1n) is 3.35. The van der Waals surface area contributed by atoms with E-state index in [1.165, 1.54) is 0 Å². The summed E-state index contributed by atoms with van der Waals surface area (Å²) in [5.74, 6) is 0. The molecule has 0 rings (SSSR count). The summed E-state index contributed by atoms with van der Waals surface area (Å²) in [6.45, 7) is 2.55. The zero-order chi connectivity index (χ0) is 9.78. The molecule has 0 amide bonds. The fraction of sp³-hybridized carbons (Fsp3) is 1.00. The van der Waals surface area contributed by atoms with Gasteiger partial charge in [0, 0.05) is 0 Å². The molecule has 13 heavy (non-hydrogen) atoms. The summed E-state index contributed by atoms with van der Waals surface area (Å²) >= 11 is 0. The maximum atomic E-state index is 6.17. The van der Waals surface area contributed by atoms with Crippen LogP contribution in [0, 0.1) is 5.53 Å². The fourth-order valence-electron chi connectivity index (χ4n) is 0.282. The van der Waals surface area contributed by atoms with E-state index in [1.54, 1.807) is 0 Å². The highest BCUT2D eigenvalue weighted by Crippen LogP contribution is 1.86. The second-order valence-electron chi connectivity index (χ2n) is 1.59. The summed E-state index contributed by atoms with van der Waals surface area (Å²) in [7, 11) is 0. The lowest BCUT2D eigenvalue weighted by Gasteiger charge is -1.76. The minimum Gasteiger partial charge on any atom is -0.183 e. The van der Waals surface area contributed by atoms with Crippen LogP contribution in [0.3, 0.4) is 0 Å². The van der Waals surface area contributed by atoms with Gasteiger partial charge in [0.1, 0.15) is 0 Å². The topological polar surface area (TPSA) is 135 Å². The van der Waals surface area contributed by atoms with Gasteiger partial charge < -0.3 is 0 Å². The van der Waals surface area contributed by atoms with Crippen LogP contribution in [-0.2, 0) is 0 Å². The molecule has 0 aliphatic heterocycles. The Morgan fingerprint density at radius 1 is 0.846 bits per heavy atom. The highest BCUT2D eigenvalue weighted by Gasteiger charge is 1.71. The predicted octanol–water partition coefficient (Wildman–Crippen LogP) is 2.90. The molecular weight excluding hydrogens is 176 g/mol. The molecule has 10 heteroatoms. The number of rotatable bonds is 6. The Morgan fingerprint density at radius 2 is 1.38 bits per heavy atom. The fourth-order valence-corrected chi connectivity index (χ4v) is 0.282. The van der Waals surface area contributed by atoms with Gasteiger partial charge in [0.05, 0.1) is 6.54 Å². The standard InChI is InChI=1S/C3H8N10/c1-2-3-5-7-9-11-13-12-10-8-6-4/h4H,2-3H2,1H3. The Labute approximate surface area is 73.4 Å². The van der Waals surface area contributed by atoms with Gasteiger partial charge in [-0.3, -0.25) is 0 Å². The molecule has 0 unspecified atom stereocenters. The van der Waals surface area contributed by atoms with E-state index in [-0.39, 0.29) is 0 Å². The predicted molar refractivity (Wildman–Crippen MR) is 39.7 cm³/mol. The molecule has 0 saturated heterocycles. The second kappa shape index (κ2) is 10.0. The van der Waals surface area contributed by atoms with Crippen molar-refractivity contribution in [2.45, 2.75) is 13.3 Å². The highest BCUT2D eigenvalue weighted by atomic mass is 15.7. The van der Waals surface area contributed by atoms with Gasteiger partial charge in [-0.05, 0) is 48.2 Å². The van der Waals surface area contributed by atoms with Crippen LogP contribution in [0.5, 0.6) is 0 Å². The number of hydrogen-bond donors (Lipinski definition) is 1. The van der Waals surface area contributed by atoms with Crippen molar-refractivity contribution in [3.8, 4) is 0 Å². The third kappa shape index (κ3) is 10.0. The summed E-state index contributed by atoms with van der Waals surface area (Å²) in [6.07, 6.45) is 0.889. The maximum absolute atomic E-state index is 6.17. The molecule has 0 spiro atoms. The number of nitrogens with one attached hydrogen (secondary N) is 1. The van der Waals surface area contributed by atoms with E-state index < -0.39 is 0 Å². The van der Waals surface area contributed by atoms with Gasteiger partial charge in [0.2, 0.25) is 0 Å². The molecule has 0 aromatic rings. The second-order valence-corrected chi connectivity index (χ2v) is 1.59.